The van der Waals surface area contributed by atoms with E-state index in [1.807, 2.05) is 12.3 Å². The van der Waals surface area contributed by atoms with Crippen LogP contribution < -0.4 is 10.6 Å². The summed E-state index contributed by atoms with van der Waals surface area (Å²) in [6.45, 7) is 2.08. The van der Waals surface area contributed by atoms with E-state index in [-0.39, 0.29) is 5.91 Å². The third-order valence-electron chi connectivity index (χ3n) is 3.99. The van der Waals surface area contributed by atoms with Crippen LogP contribution in [0.15, 0.2) is 34.6 Å². The van der Waals surface area contributed by atoms with Crippen molar-refractivity contribution in [3.05, 3.63) is 40.7 Å². The summed E-state index contributed by atoms with van der Waals surface area (Å²) < 4.78 is 5.05. The highest BCUT2D eigenvalue weighted by molar-refractivity contribution is 7.16. The largest absolute Gasteiger partial charge is 0.472 e. The molecule has 0 bridgehead atoms. The summed E-state index contributed by atoms with van der Waals surface area (Å²) >= 11 is 2.97. The second-order valence-electron chi connectivity index (χ2n) is 5.60. The second-order valence-corrected chi connectivity index (χ2v) is 7.52. The van der Waals surface area contributed by atoms with Gasteiger partial charge in [0.15, 0.2) is 5.13 Å². The number of aromatic nitrogens is 2. The first-order valence-corrected chi connectivity index (χ1v) is 9.45. The fourth-order valence-electron chi connectivity index (χ4n) is 2.70. The quantitative estimate of drug-likeness (QED) is 0.743. The number of furan rings is 1. The van der Waals surface area contributed by atoms with Crippen molar-refractivity contribution in [2.75, 3.05) is 18.4 Å². The number of thiazole rings is 2. The summed E-state index contributed by atoms with van der Waals surface area (Å²) in [4.78, 5) is 22.3. The minimum Gasteiger partial charge on any atom is -0.472 e. The Hall–Kier alpha value is -2.03. The average molecular weight is 360 g/mol. The van der Waals surface area contributed by atoms with Gasteiger partial charge in [0.2, 0.25) is 0 Å². The molecule has 8 heteroatoms. The summed E-state index contributed by atoms with van der Waals surface area (Å²) in [6, 6.07) is 1.83. The van der Waals surface area contributed by atoms with Gasteiger partial charge < -0.3 is 9.73 Å². The van der Waals surface area contributed by atoms with Crippen molar-refractivity contribution in [3.63, 3.8) is 0 Å². The highest BCUT2D eigenvalue weighted by atomic mass is 32.1. The molecule has 0 atom stereocenters. The van der Waals surface area contributed by atoms with E-state index < -0.39 is 0 Å². The minimum atomic E-state index is -0.229. The predicted octanol–water partition coefficient (Wildman–Crippen LogP) is 3.58. The molecular weight excluding hydrogens is 344 g/mol. The van der Waals surface area contributed by atoms with Crippen LogP contribution in [-0.2, 0) is 0 Å². The number of hydrogen-bond donors (Lipinski definition) is 2. The molecule has 1 saturated heterocycles. The van der Waals surface area contributed by atoms with Crippen LogP contribution in [0.4, 0.5) is 5.13 Å². The van der Waals surface area contributed by atoms with Gasteiger partial charge in [0.1, 0.15) is 17.0 Å². The highest BCUT2D eigenvalue weighted by Gasteiger charge is 2.19. The SMILES string of the molecule is O=C(Nc1ncc(C2CCNCC2)s1)c1csc(-c2ccoc2)n1. The van der Waals surface area contributed by atoms with Gasteiger partial charge in [-0.3, -0.25) is 10.1 Å². The van der Waals surface area contributed by atoms with Gasteiger partial charge in [-0.15, -0.1) is 22.7 Å². The number of carbonyl (C=O) groups excluding carboxylic acids is 1. The van der Waals surface area contributed by atoms with E-state index in [9.17, 15) is 4.79 Å². The van der Waals surface area contributed by atoms with Crippen molar-refractivity contribution in [1.82, 2.24) is 15.3 Å². The van der Waals surface area contributed by atoms with Crippen LogP contribution in [0.2, 0.25) is 0 Å². The summed E-state index contributed by atoms with van der Waals surface area (Å²) in [6.07, 6.45) is 7.33. The van der Waals surface area contributed by atoms with Crippen LogP contribution >= 0.6 is 22.7 Å². The van der Waals surface area contributed by atoms with Crippen molar-refractivity contribution in [3.8, 4) is 10.6 Å². The van der Waals surface area contributed by atoms with Crippen molar-refractivity contribution < 1.29 is 9.21 Å². The maximum absolute atomic E-state index is 12.3. The molecular formula is C16H16N4O2S2. The molecule has 3 aromatic rings. The van der Waals surface area contributed by atoms with Crippen LogP contribution in [0.3, 0.4) is 0 Å². The van der Waals surface area contributed by atoms with E-state index in [4.69, 9.17) is 4.42 Å². The Morgan fingerprint density at radius 2 is 2.25 bits per heavy atom. The average Bonchev–Trinajstić information content (AvgIpc) is 3.36. The maximum Gasteiger partial charge on any atom is 0.276 e. The normalized spacial score (nSPS) is 15.5. The van der Waals surface area contributed by atoms with Crippen LogP contribution in [0.5, 0.6) is 0 Å². The molecule has 24 heavy (non-hydrogen) atoms. The molecule has 0 aromatic carbocycles. The summed E-state index contributed by atoms with van der Waals surface area (Å²) in [7, 11) is 0. The predicted molar refractivity (Wildman–Crippen MR) is 94.7 cm³/mol. The van der Waals surface area contributed by atoms with Gasteiger partial charge in [0, 0.05) is 22.0 Å². The van der Waals surface area contributed by atoms with Gasteiger partial charge >= 0.3 is 0 Å². The van der Waals surface area contributed by atoms with Gasteiger partial charge in [-0.2, -0.15) is 0 Å². The van der Waals surface area contributed by atoms with Gasteiger partial charge in [0.25, 0.3) is 5.91 Å². The molecule has 6 nitrogen and oxygen atoms in total. The van der Waals surface area contributed by atoms with E-state index in [1.54, 1.807) is 29.2 Å². The molecule has 0 radical (unpaired) electrons. The lowest BCUT2D eigenvalue weighted by Crippen LogP contribution is -2.26. The van der Waals surface area contributed by atoms with E-state index in [0.717, 1.165) is 36.5 Å². The zero-order valence-corrected chi connectivity index (χ0v) is 14.5. The van der Waals surface area contributed by atoms with Gasteiger partial charge in [-0.05, 0) is 37.9 Å². The first-order chi connectivity index (χ1) is 11.8. The Balaban J connectivity index is 1.43. The number of carbonyl (C=O) groups is 1. The summed E-state index contributed by atoms with van der Waals surface area (Å²) in [5, 5.41) is 9.36. The van der Waals surface area contributed by atoms with E-state index in [0.29, 0.717) is 16.7 Å². The molecule has 0 spiro atoms. The van der Waals surface area contributed by atoms with E-state index in [2.05, 4.69) is 20.6 Å². The molecule has 3 aromatic heterocycles. The first kappa shape index (κ1) is 15.5. The number of amides is 1. The lowest BCUT2D eigenvalue weighted by atomic mass is 9.97. The lowest BCUT2D eigenvalue weighted by Gasteiger charge is -2.20. The first-order valence-electron chi connectivity index (χ1n) is 7.75. The number of piperidine rings is 1. The van der Waals surface area contributed by atoms with Crippen LogP contribution in [0.1, 0.15) is 34.1 Å². The fraction of sp³-hybridized carbons (Fsp3) is 0.312. The molecule has 4 heterocycles. The molecule has 0 unspecified atom stereocenters. The number of anilines is 1. The van der Waals surface area contributed by atoms with Gasteiger partial charge in [0.05, 0.1) is 6.26 Å². The number of rotatable bonds is 4. The molecule has 2 N–H and O–H groups in total. The van der Waals surface area contributed by atoms with Crippen LogP contribution in [0.25, 0.3) is 10.6 Å². The van der Waals surface area contributed by atoms with E-state index in [1.165, 1.54) is 16.2 Å². The maximum atomic E-state index is 12.3. The molecule has 0 saturated carbocycles. The van der Waals surface area contributed by atoms with Gasteiger partial charge in [-0.25, -0.2) is 9.97 Å². The molecule has 1 fully saturated rings. The smallest absolute Gasteiger partial charge is 0.276 e. The lowest BCUT2D eigenvalue weighted by molar-refractivity contribution is 0.102. The zero-order chi connectivity index (χ0) is 16.4. The minimum absolute atomic E-state index is 0.229. The Labute approximate surface area is 147 Å². The standard InChI is InChI=1S/C16H16N4O2S2/c21-14(12-9-23-15(19-12)11-3-6-22-8-11)20-16-18-7-13(24-16)10-1-4-17-5-2-10/h3,6-10,17H,1-2,4-5H2,(H,18,20,21). The van der Waals surface area contributed by atoms with E-state index >= 15 is 0 Å². The third-order valence-corrected chi connectivity index (χ3v) is 5.96. The van der Waals surface area contributed by atoms with Crippen molar-refractivity contribution >= 4 is 33.7 Å². The zero-order valence-electron chi connectivity index (χ0n) is 12.8. The summed E-state index contributed by atoms with van der Waals surface area (Å²) in [5.74, 6) is 0.313. The Bertz CT molecular complexity index is 819. The van der Waals surface area contributed by atoms with Crippen LogP contribution in [-0.4, -0.2) is 29.0 Å². The topological polar surface area (TPSA) is 80.0 Å². The van der Waals surface area contributed by atoms with Crippen molar-refractivity contribution in [2.24, 2.45) is 0 Å². The summed E-state index contributed by atoms with van der Waals surface area (Å²) in [5.41, 5.74) is 1.27. The fourth-order valence-corrected chi connectivity index (χ4v) is 4.46. The highest BCUT2D eigenvalue weighted by Crippen LogP contribution is 2.32. The molecule has 1 aliphatic rings. The van der Waals surface area contributed by atoms with Crippen LogP contribution in [0, 0.1) is 0 Å². The number of hydrogen-bond acceptors (Lipinski definition) is 7. The third kappa shape index (κ3) is 3.26. The molecule has 1 aliphatic heterocycles. The number of nitrogens with one attached hydrogen (secondary N) is 2. The Kier molecular flexibility index (Phi) is 4.42. The van der Waals surface area contributed by atoms with Gasteiger partial charge in [-0.1, -0.05) is 0 Å². The van der Waals surface area contributed by atoms with Crippen molar-refractivity contribution in [1.29, 1.82) is 0 Å². The molecule has 1 amide bonds. The second kappa shape index (κ2) is 6.84. The monoisotopic (exact) mass is 360 g/mol. The van der Waals surface area contributed by atoms with Crippen molar-refractivity contribution in [2.45, 2.75) is 18.8 Å². The molecule has 124 valence electrons. The Morgan fingerprint density at radius 1 is 1.38 bits per heavy atom. The molecule has 0 aliphatic carbocycles. The number of nitrogens with zero attached hydrogens (tertiary/aromatic N) is 2. The molecule has 4 rings (SSSR count). The Morgan fingerprint density at radius 3 is 3.04 bits per heavy atom.